The molecule has 2 fully saturated rings. The van der Waals surface area contributed by atoms with Gasteiger partial charge in [0.15, 0.2) is 12.0 Å². The summed E-state index contributed by atoms with van der Waals surface area (Å²) in [5, 5.41) is 135. The number of aromatic nitrogens is 2. The molecule has 4 aromatic rings. The smallest absolute Gasteiger partial charge is 0.412 e. The Balaban J connectivity index is 0.0000249. The van der Waals surface area contributed by atoms with Crippen LogP contribution in [0, 0.1) is 11.2 Å². The fourth-order valence-electron chi connectivity index (χ4n) is 14.6. The minimum absolute atomic E-state index is 0. The number of nitrogens with zero attached hydrogens (tertiary/aromatic N) is 7. The Hall–Kier alpha value is -14.1. The number of phenolic OH excluding ortho intramolecular Hbond substituents is 1. The summed E-state index contributed by atoms with van der Waals surface area (Å²) in [6, 6.07) is -9.56. The first-order valence-electron chi connectivity index (χ1n) is 42.6. The zero-order valence-corrected chi connectivity index (χ0v) is 74.5. The van der Waals surface area contributed by atoms with E-state index in [1.54, 1.807) is 4.90 Å². The first-order chi connectivity index (χ1) is 63.7. The number of nitrogens with one attached hydrogen (secondary N) is 15. The molecule has 8 rings (SSSR count). The topological polar surface area (TPSA) is 765 Å². The van der Waals surface area contributed by atoms with Crippen LogP contribution in [0.3, 0.4) is 0 Å². The number of esters is 1. The Kier molecular flexibility index (Phi) is 41.4. The van der Waals surface area contributed by atoms with Crippen LogP contribution in [0.25, 0.3) is 28.0 Å². The van der Waals surface area contributed by atoms with Crippen LogP contribution in [0.15, 0.2) is 47.0 Å². The molecule has 135 heavy (non-hydrogen) atoms. The zero-order chi connectivity index (χ0) is 98.3. The number of amides is 15. The molecule has 0 spiro atoms. The van der Waals surface area contributed by atoms with Crippen molar-refractivity contribution in [2.45, 2.75) is 170 Å². The van der Waals surface area contributed by atoms with Crippen molar-refractivity contribution in [1.29, 1.82) is 5.41 Å². The normalized spacial score (nSPS) is 18.2. The van der Waals surface area contributed by atoms with E-state index in [4.69, 9.17) is 20.6 Å². The molecule has 2 aromatic carbocycles. The molecular formula is C81H110FFeN23O29. The van der Waals surface area contributed by atoms with E-state index >= 15 is 4.39 Å². The Morgan fingerprint density at radius 3 is 1.93 bits per heavy atom. The molecule has 0 radical (unpaired) electrons. The van der Waals surface area contributed by atoms with Crippen molar-refractivity contribution < 1.29 is 164 Å². The van der Waals surface area contributed by atoms with Gasteiger partial charge in [0, 0.05) is 138 Å². The fourth-order valence-corrected chi connectivity index (χ4v) is 14.6. The van der Waals surface area contributed by atoms with E-state index in [0.29, 0.717) is 5.52 Å². The number of fused-ring (bicyclic) bond motifs is 5. The van der Waals surface area contributed by atoms with E-state index in [0.717, 1.165) is 25.3 Å². The number of halogens is 1. The molecule has 2 saturated heterocycles. The van der Waals surface area contributed by atoms with Gasteiger partial charge >= 0.3 is 18.0 Å². The number of benzene rings is 2. The predicted octanol–water partition coefficient (Wildman–Crippen LogP) is -10.1. The number of carboxylic acid groups (broad SMARTS) is 1. The van der Waals surface area contributed by atoms with Gasteiger partial charge in [0.25, 0.3) is 11.7 Å². The van der Waals surface area contributed by atoms with Gasteiger partial charge in [0.2, 0.25) is 90.0 Å². The van der Waals surface area contributed by atoms with Crippen LogP contribution < -0.4 is 100 Å². The fraction of sp³-hybridized carbons (Fsp3) is 0.519. The van der Waals surface area contributed by atoms with Crippen LogP contribution in [0.1, 0.15) is 120 Å². The second kappa shape index (κ2) is 51.8. The van der Waals surface area contributed by atoms with Crippen LogP contribution in [-0.2, 0) is 106 Å². The van der Waals surface area contributed by atoms with Gasteiger partial charge in [-0.25, -0.2) is 34.0 Å². The number of amidine groups is 1. The summed E-state index contributed by atoms with van der Waals surface area (Å²) in [7, 11) is 1.52. The van der Waals surface area contributed by atoms with Gasteiger partial charge < -0.3 is 134 Å². The Morgan fingerprint density at radius 1 is 0.704 bits per heavy atom. The maximum atomic E-state index is 15.5. The average Bonchev–Trinajstić information content (AvgIpc) is 0.751. The number of hydrogen-bond acceptors (Lipinski definition) is 32. The Morgan fingerprint density at radius 2 is 1.30 bits per heavy atom. The van der Waals surface area contributed by atoms with Gasteiger partial charge in [-0.2, -0.15) is 0 Å². The number of aryl methyl sites for hydroxylation is 1. The third-order valence-electron chi connectivity index (χ3n) is 21.7. The summed E-state index contributed by atoms with van der Waals surface area (Å²) in [4.78, 5) is 251. The zero-order valence-electron chi connectivity index (χ0n) is 73.4. The van der Waals surface area contributed by atoms with Gasteiger partial charge in [-0.05, 0) is 95.9 Å². The summed E-state index contributed by atoms with van der Waals surface area (Å²) in [6.07, 6.45) is -5.29. The number of aliphatic hydroxyl groups excluding tert-OH is 4. The third kappa shape index (κ3) is 31.0. The van der Waals surface area contributed by atoms with Gasteiger partial charge in [0.05, 0.1) is 55.0 Å². The molecule has 25 N–H and O–H groups in total. The number of rotatable bonds is 42. The molecule has 738 valence electrons. The minimum Gasteiger partial charge on any atom is -0.870 e. The first kappa shape index (κ1) is 108. The molecule has 0 aliphatic carbocycles. The molecule has 52 nitrogen and oxygen atoms in total. The summed E-state index contributed by atoms with van der Waals surface area (Å²) < 4.78 is 27.0. The van der Waals surface area contributed by atoms with Crippen LogP contribution in [0.4, 0.5) is 20.6 Å². The summed E-state index contributed by atoms with van der Waals surface area (Å²) in [5.74, 6) is -17.3. The van der Waals surface area contributed by atoms with E-state index in [2.05, 4.69) is 79.1 Å². The summed E-state index contributed by atoms with van der Waals surface area (Å²) >= 11 is 0. The van der Waals surface area contributed by atoms with Gasteiger partial charge in [0.1, 0.15) is 82.5 Å². The first-order valence-corrected chi connectivity index (χ1v) is 42.6. The molecule has 15 amide bonds. The van der Waals surface area contributed by atoms with Crippen molar-refractivity contribution in [2.24, 2.45) is 12.8 Å². The minimum atomic E-state index is -2.02. The molecule has 4 aliphatic rings. The van der Waals surface area contributed by atoms with Crippen molar-refractivity contribution in [3.05, 3.63) is 69.4 Å². The van der Waals surface area contributed by atoms with Crippen molar-refractivity contribution in [2.75, 3.05) is 102 Å². The van der Waals surface area contributed by atoms with Gasteiger partial charge in [-0.15, -0.1) is 0 Å². The van der Waals surface area contributed by atoms with Gasteiger partial charge in [-0.3, -0.25) is 97.5 Å². The molecule has 0 bridgehead atoms. The van der Waals surface area contributed by atoms with Crippen LogP contribution >= 0.6 is 0 Å². The number of carboxylic acids is 1. The number of hydrogen-bond donors (Lipinski definition) is 24. The van der Waals surface area contributed by atoms with E-state index in [1.165, 1.54) is 52.6 Å². The number of guanidine groups is 1. The number of anilines is 2. The average molecular weight is 1940 g/mol. The Labute approximate surface area is 778 Å². The van der Waals surface area contributed by atoms with E-state index in [-0.39, 0.29) is 208 Å². The number of carbonyl (C=O) groups is 17. The number of aromatic carboxylic acids is 1. The second-order valence-electron chi connectivity index (χ2n) is 31.6. The quantitative estimate of drug-likeness (QED) is 0.00187. The number of aromatic hydroxyl groups is 1. The van der Waals surface area contributed by atoms with Crippen molar-refractivity contribution in [1.82, 2.24) is 93.7 Å². The molecule has 6 heterocycles. The summed E-state index contributed by atoms with van der Waals surface area (Å²) in [6.45, 7) is -1.85. The summed E-state index contributed by atoms with van der Waals surface area (Å²) in [5.41, 5.74) is 4.93. The molecule has 2 aromatic heterocycles. The molecule has 0 saturated carbocycles. The molecule has 0 unspecified atom stereocenters. The maximum Gasteiger partial charge on any atom is 0.412 e. The van der Waals surface area contributed by atoms with E-state index in [9.17, 15) is 132 Å². The molecule has 11 atom stereocenters. The van der Waals surface area contributed by atoms with E-state index in [1.807, 2.05) is 0 Å². The van der Waals surface area contributed by atoms with Crippen molar-refractivity contribution >= 4 is 153 Å². The number of hydroxylamine groups is 4. The van der Waals surface area contributed by atoms with Crippen LogP contribution in [-0.4, -0.2) is 338 Å². The number of phenols is 1. The van der Waals surface area contributed by atoms with Crippen LogP contribution in [0.5, 0.6) is 11.5 Å². The predicted molar refractivity (Wildman–Crippen MR) is 459 cm³/mol. The molecule has 4 aliphatic heterocycles. The number of piperazine rings is 1. The monoisotopic (exact) mass is 1940 g/mol. The number of ether oxygens (including phenoxy) is 2. The number of carbonyl (C=O) groups excluding carboxylic acids is 16. The van der Waals surface area contributed by atoms with Crippen molar-refractivity contribution in [3.8, 4) is 11.5 Å². The third-order valence-corrected chi connectivity index (χ3v) is 21.7. The van der Waals surface area contributed by atoms with Crippen molar-refractivity contribution in [3.63, 3.8) is 0 Å². The maximum absolute atomic E-state index is 15.5. The Bertz CT molecular complexity index is 5170. The second-order valence-corrected chi connectivity index (χ2v) is 31.6. The standard InChI is InChI=1S/C81H110FN23O29.Fe/c1-41(110)65-77(126)88-18-5-4-9-48(70(119)93-51(12-8-24-104(132)39-109)73(122)98-66(42(2)111)78(127)99-65)92-71(120)50(11-7-23-103(131)38-108)95-74(123)54(36-106)96-72(121)49(10-6-19-89-80(83)84)94-75(124)55(37-107)97-76(125)56-17-20-87-69-53(31-44-32-59(112)60(113)34-57(44)105(56)69)90-63(116)14-13-61(114)85-21-22-86-62(115)15-16-64(117)133-40-134-81(130)102-27-25-101(26-28-102)58-33-52-43(30-47(58)82)29-45-67(118)46(79(128)129)35-100(3)68(45)91-52;/h29-35,38-39,41-42,48-51,54-56,65-66,106-107,110-113,131-132H,4-28,36-37,40H2,1-3H3,(H,85,114)(H,86,115)(H,88,126)(H,90,116)(H,92,120)(H,93,119)(H,94,124)(H,95,123)(H,96,121)(H,97,125)(H,98,122)(H,99,127)(H,128,129)(H4,83,84,89);/t41-,42-,48+,49+,50+,51+,54-,55-,56+,65-,66-;/m1./s1. The SMILES string of the molecule is C[C@@H](O)[C@H]1NC(=O)[C@H](CCCN(O)C=O)NC(=O)[C@@H](NC(=O)[C@H](CCCN(O)C=O)NC(=O)[C@@H](CO)NC(=O)[C@H](CCCNC(=N)N)NC(=O)[C@@H](CO)NC(=O)[C@@H]2CC[NH+]=C3C(NC(=O)CCC(=O)NCCNC(=O)CCC(=O)OCOC(=O)N4CCN(c5cc6nc7c(cc6cc5F)c(=O)c(C(=O)O)cn7C)CC4)=Cc4cc([O-])c(O)cc4N32)CCCCNC(=O)[C@@H]([C@@H](C)O)NC1=O.[Fe]. The molecular weight excluding hydrogens is 1830 g/mol. The number of nitrogens with two attached hydrogens (primary N) is 1. The number of aliphatic hydroxyl groups is 4. The van der Waals surface area contributed by atoms with Gasteiger partial charge in [-0.1, -0.05) is 11.8 Å². The molecule has 54 heteroatoms. The van der Waals surface area contributed by atoms with Crippen LogP contribution in [0.2, 0.25) is 0 Å². The largest absolute Gasteiger partial charge is 0.870 e. The van der Waals surface area contributed by atoms with E-state index < -0.39 is 249 Å². The number of pyridine rings is 2.